The molecule has 0 aliphatic carbocycles. The summed E-state index contributed by atoms with van der Waals surface area (Å²) in [6.07, 6.45) is 10.4. The molecule has 1 saturated heterocycles. The number of likely N-dealkylation sites (tertiary alicyclic amines) is 1. The van der Waals surface area contributed by atoms with Crippen molar-refractivity contribution in [1.29, 1.82) is 0 Å². The summed E-state index contributed by atoms with van der Waals surface area (Å²) < 4.78 is 14.3. The summed E-state index contributed by atoms with van der Waals surface area (Å²) in [6, 6.07) is 6.95. The molecule has 1 heterocycles. The maximum atomic E-state index is 14.3. The van der Waals surface area contributed by atoms with Gasteiger partial charge in [0.2, 0.25) is 5.91 Å². The van der Waals surface area contributed by atoms with Gasteiger partial charge in [-0.15, -0.1) is 0 Å². The maximum absolute atomic E-state index is 14.3. The van der Waals surface area contributed by atoms with Gasteiger partial charge in [0, 0.05) is 17.7 Å². The van der Waals surface area contributed by atoms with Crippen molar-refractivity contribution in [2.24, 2.45) is 5.73 Å². The van der Waals surface area contributed by atoms with Gasteiger partial charge in [-0.3, -0.25) is 4.79 Å². The molecule has 1 amide bonds. The molecule has 0 spiro atoms. The molecule has 2 rings (SSSR count). The van der Waals surface area contributed by atoms with Crippen molar-refractivity contribution >= 4 is 19.5 Å². The lowest BCUT2D eigenvalue weighted by atomic mass is 9.72. The van der Waals surface area contributed by atoms with E-state index in [1.165, 1.54) is 18.9 Å². The fourth-order valence-corrected chi connectivity index (χ4v) is 3.02. The van der Waals surface area contributed by atoms with Gasteiger partial charge in [-0.25, -0.2) is 4.39 Å². The molecule has 1 aliphatic heterocycles. The summed E-state index contributed by atoms with van der Waals surface area (Å²) in [6.45, 7) is 16.4. The maximum Gasteiger partial charge on any atom is 0.243 e. The topological polar surface area (TPSA) is 92.5 Å². The van der Waals surface area contributed by atoms with Gasteiger partial charge >= 0.3 is 0 Å². The molecule has 6 nitrogen and oxygen atoms in total. The van der Waals surface area contributed by atoms with Gasteiger partial charge in [0.05, 0.1) is 0 Å². The number of rotatable bonds is 6. The highest BCUT2D eigenvalue weighted by Crippen LogP contribution is 2.36. The Bertz CT molecular complexity index is 707. The van der Waals surface area contributed by atoms with E-state index >= 15 is 0 Å². The Labute approximate surface area is 212 Å². The van der Waals surface area contributed by atoms with E-state index in [9.17, 15) is 9.18 Å². The van der Waals surface area contributed by atoms with Gasteiger partial charge in [0.15, 0.2) is 0 Å². The van der Waals surface area contributed by atoms with Gasteiger partial charge in [0.25, 0.3) is 0 Å². The lowest BCUT2D eigenvalue weighted by Gasteiger charge is -2.41. The molecule has 0 unspecified atom stereocenters. The van der Waals surface area contributed by atoms with Crippen LogP contribution in [0.1, 0.15) is 72.3 Å². The van der Waals surface area contributed by atoms with Crippen LogP contribution < -0.4 is 11.1 Å². The zero-order chi connectivity index (χ0) is 27.7. The third-order valence-corrected chi connectivity index (χ3v) is 5.45. The minimum atomic E-state index is -0.312. The highest BCUT2D eigenvalue weighted by Gasteiger charge is 2.37. The molecule has 0 bridgehead atoms. The van der Waals surface area contributed by atoms with E-state index in [-0.39, 0.29) is 17.1 Å². The van der Waals surface area contributed by atoms with Crippen LogP contribution in [0.2, 0.25) is 0 Å². The fourth-order valence-electron chi connectivity index (χ4n) is 3.02. The molecular weight excluding hydrogens is 445 g/mol. The lowest BCUT2D eigenvalue weighted by Crippen LogP contribution is -2.48. The monoisotopic (exact) mass is 493 g/mol. The number of unbranched alkanes of at least 4 members (excludes halogenated alkanes) is 1. The van der Waals surface area contributed by atoms with Crippen molar-refractivity contribution in [3.63, 3.8) is 0 Å². The van der Waals surface area contributed by atoms with E-state index in [2.05, 4.69) is 31.1 Å². The zero-order valence-electron chi connectivity index (χ0n) is 22.7. The number of amides is 1. The molecular formula is C28H48FN3O3. The van der Waals surface area contributed by atoms with E-state index < -0.39 is 0 Å². The van der Waals surface area contributed by atoms with E-state index in [4.69, 9.17) is 15.3 Å². The third-order valence-electron chi connectivity index (χ3n) is 5.45. The number of hydrogen-bond donors (Lipinski definition) is 2. The molecule has 35 heavy (non-hydrogen) atoms. The van der Waals surface area contributed by atoms with Crippen molar-refractivity contribution in [1.82, 2.24) is 10.2 Å². The number of piperidine rings is 1. The highest BCUT2D eigenvalue weighted by molar-refractivity contribution is 5.87. The molecule has 3 N–H and O–H groups in total. The van der Waals surface area contributed by atoms with Crippen molar-refractivity contribution in [3.05, 3.63) is 59.6 Å². The number of halogens is 1. The summed E-state index contributed by atoms with van der Waals surface area (Å²) in [5.41, 5.74) is 6.45. The Balaban J connectivity index is -0.000000659. The molecule has 7 heteroatoms. The molecule has 1 aromatic carbocycles. The number of carbonyl (C=O) groups excluding carboxylic acids is 3. The van der Waals surface area contributed by atoms with Gasteiger partial charge < -0.3 is 25.5 Å². The number of hydrogen-bond acceptors (Lipinski definition) is 5. The second-order valence-corrected chi connectivity index (χ2v) is 8.12. The van der Waals surface area contributed by atoms with E-state index in [1.807, 2.05) is 58.6 Å². The van der Waals surface area contributed by atoms with Crippen LogP contribution in [0.25, 0.3) is 0 Å². The largest absolute Gasteiger partial charge is 0.403 e. The predicted molar refractivity (Wildman–Crippen MR) is 146 cm³/mol. The predicted octanol–water partition coefficient (Wildman–Crippen LogP) is 5.18. The summed E-state index contributed by atoms with van der Waals surface area (Å²) in [7, 11) is 2.08. The minimum Gasteiger partial charge on any atom is -0.403 e. The summed E-state index contributed by atoms with van der Waals surface area (Å²) in [5, 5.41) is 2.96. The van der Waals surface area contributed by atoms with E-state index in [1.54, 1.807) is 12.1 Å². The van der Waals surface area contributed by atoms with Crippen LogP contribution in [-0.4, -0.2) is 51.1 Å². The van der Waals surface area contributed by atoms with Crippen LogP contribution >= 0.6 is 0 Å². The lowest BCUT2D eigenvalue weighted by molar-refractivity contribution is -0.116. The second-order valence-electron chi connectivity index (χ2n) is 8.12. The number of allylic oxidation sites excluding steroid dienone is 3. The van der Waals surface area contributed by atoms with Crippen molar-refractivity contribution in [2.45, 2.75) is 72.1 Å². The van der Waals surface area contributed by atoms with Crippen molar-refractivity contribution in [3.8, 4) is 0 Å². The van der Waals surface area contributed by atoms with Crippen molar-refractivity contribution in [2.75, 3.05) is 26.7 Å². The number of nitrogens with zero attached hydrogens (tertiary/aromatic N) is 1. The number of nitrogens with one attached hydrogen (secondary N) is 1. The Hall–Kier alpha value is -2.80. The molecule has 1 fully saturated rings. The average molecular weight is 494 g/mol. The Kier molecular flexibility index (Phi) is 25.6. The number of benzene rings is 1. The van der Waals surface area contributed by atoms with Crippen LogP contribution in [0.15, 0.2) is 48.2 Å². The second kappa shape index (κ2) is 24.3. The zero-order valence-corrected chi connectivity index (χ0v) is 22.7. The number of carbonyl (C=O) groups is 3. The van der Waals surface area contributed by atoms with Gasteiger partial charge in [0.1, 0.15) is 19.4 Å². The van der Waals surface area contributed by atoms with Crippen molar-refractivity contribution < 1.29 is 18.8 Å². The first-order valence-electron chi connectivity index (χ1n) is 12.1. The first-order chi connectivity index (χ1) is 16.8. The molecule has 0 aromatic heterocycles. The third kappa shape index (κ3) is 17.3. The van der Waals surface area contributed by atoms with Crippen LogP contribution in [0.5, 0.6) is 0 Å². The summed E-state index contributed by atoms with van der Waals surface area (Å²) in [5.74, 6) is -0.276. The van der Waals surface area contributed by atoms with E-state index in [0.717, 1.165) is 43.6 Å². The molecule has 200 valence electrons. The number of nitrogens with two attached hydrogens (primary N) is 1. The van der Waals surface area contributed by atoms with Crippen LogP contribution in [0, 0.1) is 5.82 Å². The van der Waals surface area contributed by atoms with Gasteiger partial charge in [-0.05, 0) is 71.0 Å². The Morgan fingerprint density at radius 1 is 1.11 bits per heavy atom. The minimum absolute atomic E-state index is 0.100. The summed E-state index contributed by atoms with van der Waals surface area (Å²) >= 11 is 0. The molecule has 0 atom stereocenters. The standard InChI is InChI=1S/C18H25FN2O.C4H9N.C4H10.2CH2O/c1-3-4-9-17(22)20-14-18(10-12-21(2)13-11-18)15-7-5-6-8-16(15)19;1-3-4(2)5;1-3-4-2;2*1-2/h4-9H,3,10-14H2,1-2H3,(H,20,22);3H,5H2,1-2H3;3-4H2,1-2H3;2*1H2/b9-4+;4-3+;;;. The first kappa shape index (κ1) is 36.8. The Morgan fingerprint density at radius 3 is 2.00 bits per heavy atom. The van der Waals surface area contributed by atoms with Gasteiger partial charge in [-0.1, -0.05) is 64.0 Å². The Morgan fingerprint density at radius 2 is 1.60 bits per heavy atom. The SMILES string of the molecule is C/C=C(\C)N.C=O.C=O.CC/C=C/C(=O)NCC1(c2ccccc2F)CCN(C)CC1.CCCC. The van der Waals surface area contributed by atoms with Crippen LogP contribution in [0.4, 0.5) is 4.39 Å². The first-order valence-corrected chi connectivity index (χ1v) is 12.1. The normalized spacial score (nSPS) is 14.4. The molecule has 1 aliphatic rings. The molecule has 0 radical (unpaired) electrons. The molecule has 1 aromatic rings. The van der Waals surface area contributed by atoms with Gasteiger partial charge in [-0.2, -0.15) is 0 Å². The summed E-state index contributed by atoms with van der Waals surface area (Å²) in [4.78, 5) is 30.1. The van der Waals surface area contributed by atoms with E-state index in [0.29, 0.717) is 6.54 Å². The quantitative estimate of drug-likeness (QED) is 0.533. The fraction of sp³-hybridized carbons (Fsp3) is 0.536. The molecule has 0 saturated carbocycles. The highest BCUT2D eigenvalue weighted by atomic mass is 19.1. The average Bonchev–Trinajstić information content (AvgIpc) is 2.90. The van der Waals surface area contributed by atoms with Crippen LogP contribution in [-0.2, 0) is 19.8 Å². The smallest absolute Gasteiger partial charge is 0.243 e. The van der Waals surface area contributed by atoms with Crippen LogP contribution in [0.3, 0.4) is 0 Å².